The molecule has 0 radical (unpaired) electrons. The number of piperazine rings is 1. The highest BCUT2D eigenvalue weighted by atomic mass is 19.1. The zero-order chi connectivity index (χ0) is 47.4. The summed E-state index contributed by atoms with van der Waals surface area (Å²) in [5, 5.41) is 3.47. The van der Waals surface area contributed by atoms with E-state index >= 15 is 4.39 Å². The zero-order valence-electron chi connectivity index (χ0n) is 39.5. The fraction of sp³-hybridized carbons (Fsp3) is 0.462. The standard InChI is InChI=1S/C52H62FN11O4/c1-33-30-60(31-35-5-11-42-45(27-35)59(4)51(68)64(42)43-12-14-47(65)57-49(43)66)25-26-63(33)32-52(53)18-23-62(24-19-52)50(67)38-8-6-36(7-9-38)37-16-21-61(22-17-37)34(2)44-28-41-40(15-20-55-48(41)58(44)3)39-10-13-46(54)56-29-39/h5-11,13,15,20,27-29,33-34,37,43H,12,14,16-19,21-26,30-32H2,1-4H3,(H2,54,56)(H,57,65,66)/t33-,34-,43?/m0/s1. The van der Waals surface area contributed by atoms with Crippen LogP contribution < -0.4 is 16.7 Å². The molecule has 68 heavy (non-hydrogen) atoms. The monoisotopic (exact) mass is 923 g/mol. The van der Waals surface area contributed by atoms with Gasteiger partial charge in [-0.3, -0.25) is 43.5 Å². The predicted octanol–water partition coefficient (Wildman–Crippen LogP) is 5.94. The van der Waals surface area contributed by atoms with Crippen LogP contribution in [0.4, 0.5) is 10.2 Å². The molecule has 16 heteroatoms. The summed E-state index contributed by atoms with van der Waals surface area (Å²) in [5.74, 6) is 0.121. The molecule has 4 fully saturated rings. The van der Waals surface area contributed by atoms with Crippen molar-refractivity contribution in [1.82, 2.24) is 48.6 Å². The Labute approximate surface area is 395 Å². The van der Waals surface area contributed by atoms with E-state index in [1.54, 1.807) is 11.6 Å². The van der Waals surface area contributed by atoms with Crippen LogP contribution >= 0.6 is 0 Å². The summed E-state index contributed by atoms with van der Waals surface area (Å²) in [7, 11) is 3.80. The predicted molar refractivity (Wildman–Crippen MR) is 261 cm³/mol. The summed E-state index contributed by atoms with van der Waals surface area (Å²) >= 11 is 0. The van der Waals surface area contributed by atoms with Crippen molar-refractivity contribution in [3.8, 4) is 11.1 Å². The number of alkyl halides is 1. The first-order valence-electron chi connectivity index (χ1n) is 24.2. The van der Waals surface area contributed by atoms with Crippen LogP contribution in [0, 0.1) is 0 Å². The van der Waals surface area contributed by atoms with Crippen molar-refractivity contribution in [2.24, 2.45) is 14.1 Å². The van der Waals surface area contributed by atoms with Crippen molar-refractivity contribution in [1.29, 1.82) is 0 Å². The maximum Gasteiger partial charge on any atom is 0.329 e. The lowest BCUT2D eigenvalue weighted by atomic mass is 9.88. The molecule has 15 nitrogen and oxygen atoms in total. The van der Waals surface area contributed by atoms with Gasteiger partial charge in [0.25, 0.3) is 5.91 Å². The molecule has 0 spiro atoms. The van der Waals surface area contributed by atoms with Gasteiger partial charge in [0, 0.05) is 126 Å². The van der Waals surface area contributed by atoms with E-state index in [0.717, 1.165) is 78.8 Å². The van der Waals surface area contributed by atoms with Gasteiger partial charge in [-0.25, -0.2) is 19.2 Å². The highest BCUT2D eigenvalue weighted by molar-refractivity contribution is 6.00. The molecule has 1 unspecified atom stereocenters. The minimum absolute atomic E-state index is 0.0321. The van der Waals surface area contributed by atoms with Crippen LogP contribution in [0.5, 0.6) is 0 Å². The number of likely N-dealkylation sites (tertiary alicyclic amines) is 2. The van der Waals surface area contributed by atoms with Gasteiger partial charge in [0.15, 0.2) is 0 Å². The largest absolute Gasteiger partial charge is 0.384 e. The third kappa shape index (κ3) is 8.73. The number of fused-ring (bicyclic) bond motifs is 2. The van der Waals surface area contributed by atoms with Crippen LogP contribution in [-0.4, -0.2) is 125 Å². The van der Waals surface area contributed by atoms with Gasteiger partial charge in [0.05, 0.1) is 11.0 Å². The molecule has 2 aromatic carbocycles. The van der Waals surface area contributed by atoms with Gasteiger partial charge in [-0.05, 0) is 117 Å². The molecule has 0 saturated carbocycles. The average molecular weight is 924 g/mol. The molecule has 3 atom stereocenters. The zero-order valence-corrected chi connectivity index (χ0v) is 39.5. The van der Waals surface area contributed by atoms with Gasteiger partial charge < -0.3 is 15.2 Å². The Morgan fingerprint density at radius 3 is 2.35 bits per heavy atom. The highest BCUT2D eigenvalue weighted by Gasteiger charge is 2.40. The van der Waals surface area contributed by atoms with Crippen molar-refractivity contribution in [2.45, 2.75) is 88.6 Å². The number of nitrogens with one attached hydrogen (secondary N) is 1. The van der Waals surface area contributed by atoms with Gasteiger partial charge in [-0.2, -0.15) is 0 Å². The Kier molecular flexibility index (Phi) is 12.3. The van der Waals surface area contributed by atoms with E-state index < -0.39 is 17.6 Å². The fourth-order valence-corrected chi connectivity index (χ4v) is 11.4. The molecule has 3 N–H and O–H groups in total. The number of benzene rings is 2. The second-order valence-electron chi connectivity index (χ2n) is 19.8. The van der Waals surface area contributed by atoms with Crippen LogP contribution in [0.15, 0.2) is 83.9 Å². The summed E-state index contributed by atoms with van der Waals surface area (Å²) in [6.07, 6.45) is 6.86. The Morgan fingerprint density at radius 2 is 1.65 bits per heavy atom. The molecule has 356 valence electrons. The van der Waals surface area contributed by atoms with Crippen LogP contribution in [0.3, 0.4) is 0 Å². The molecular weight excluding hydrogens is 862 g/mol. The summed E-state index contributed by atoms with van der Waals surface area (Å²) in [6.45, 7) is 10.5. The number of nitrogen functional groups attached to an aromatic ring is 1. The minimum atomic E-state index is -1.36. The molecule has 8 heterocycles. The molecule has 0 bridgehead atoms. The number of amides is 3. The first-order chi connectivity index (χ1) is 32.7. The van der Waals surface area contributed by atoms with Gasteiger partial charge in [-0.1, -0.05) is 18.2 Å². The van der Waals surface area contributed by atoms with Gasteiger partial charge in [0.1, 0.15) is 23.2 Å². The minimum Gasteiger partial charge on any atom is -0.384 e. The molecular formula is C52H62FN11O4. The third-order valence-corrected chi connectivity index (χ3v) is 15.6. The molecule has 4 aliphatic rings. The second kappa shape index (κ2) is 18.4. The average Bonchev–Trinajstić information content (AvgIpc) is 3.81. The van der Waals surface area contributed by atoms with Gasteiger partial charge in [-0.15, -0.1) is 0 Å². The number of aromatic nitrogens is 5. The summed E-state index contributed by atoms with van der Waals surface area (Å²) < 4.78 is 21.8. The van der Waals surface area contributed by atoms with Crippen LogP contribution in [0.25, 0.3) is 33.2 Å². The maximum atomic E-state index is 16.5. The SMILES string of the molecule is C[C@H]1CN(Cc2ccc3c(c2)n(C)c(=O)n3C2CCC(=O)NC2=O)CCN1CC1(F)CCN(C(=O)c2ccc(C3CCN([C@@H](C)c4cc5c(-c6ccc(N)nc6)ccnc5n4C)CC3)cc2)CC1. The van der Waals surface area contributed by atoms with Crippen LogP contribution in [-0.2, 0) is 30.2 Å². The second-order valence-corrected chi connectivity index (χ2v) is 19.8. The number of hydrogen-bond acceptors (Lipinski definition) is 10. The fourth-order valence-electron chi connectivity index (χ4n) is 11.4. The van der Waals surface area contributed by atoms with Crippen molar-refractivity contribution in [2.75, 3.05) is 58.1 Å². The Hall–Kier alpha value is -6.23. The number of imide groups is 1. The topological polar surface area (TPSA) is 160 Å². The molecule has 3 amide bonds. The number of rotatable bonds is 10. The molecule has 10 rings (SSSR count). The van der Waals surface area contributed by atoms with Crippen LogP contribution in [0.1, 0.15) is 97.6 Å². The number of carbonyl (C=O) groups excluding carboxylic acids is 3. The number of piperidine rings is 3. The normalized spacial score (nSPS) is 21.7. The molecule has 4 saturated heterocycles. The van der Waals surface area contributed by atoms with E-state index in [0.29, 0.717) is 68.3 Å². The number of pyridine rings is 2. The lowest BCUT2D eigenvalue weighted by molar-refractivity contribution is -0.135. The summed E-state index contributed by atoms with van der Waals surface area (Å²) in [5.41, 5.74) is 12.9. The number of carbonyl (C=O) groups is 3. The van der Waals surface area contributed by atoms with Gasteiger partial charge >= 0.3 is 5.69 Å². The number of nitrogens with zero attached hydrogens (tertiary/aromatic N) is 9. The number of halogens is 1. The Morgan fingerprint density at radius 1 is 0.882 bits per heavy atom. The van der Waals surface area contributed by atoms with Crippen molar-refractivity contribution in [3.05, 3.63) is 112 Å². The quantitative estimate of drug-likeness (QED) is 0.158. The third-order valence-electron chi connectivity index (χ3n) is 15.6. The van der Waals surface area contributed by atoms with E-state index in [1.165, 1.54) is 15.8 Å². The molecule has 4 aromatic heterocycles. The highest BCUT2D eigenvalue weighted by Crippen LogP contribution is 2.37. The molecule has 4 aliphatic heterocycles. The van der Waals surface area contributed by atoms with E-state index in [-0.39, 0.29) is 36.0 Å². The molecule has 0 aliphatic carbocycles. The number of nitrogens with two attached hydrogens (primary N) is 1. The van der Waals surface area contributed by atoms with Crippen LogP contribution in [0.2, 0.25) is 0 Å². The first kappa shape index (κ1) is 45.5. The number of anilines is 1. The van der Waals surface area contributed by atoms with E-state index in [9.17, 15) is 19.2 Å². The maximum absolute atomic E-state index is 16.5. The van der Waals surface area contributed by atoms with Crippen molar-refractivity contribution >= 4 is 45.6 Å². The number of aryl methyl sites for hydroxylation is 2. The lowest BCUT2D eigenvalue weighted by Gasteiger charge is -2.45. The number of hydrogen-bond donors (Lipinski definition) is 2. The smallest absolute Gasteiger partial charge is 0.329 e. The Bertz CT molecular complexity index is 2930. The summed E-state index contributed by atoms with van der Waals surface area (Å²) in [6, 6.07) is 21.8. The van der Waals surface area contributed by atoms with Crippen molar-refractivity contribution in [3.63, 3.8) is 0 Å². The Balaban J connectivity index is 0.691. The number of imidazole rings is 1. The lowest BCUT2D eigenvalue weighted by Crippen LogP contribution is -2.57. The van der Waals surface area contributed by atoms with E-state index in [2.05, 4.69) is 68.7 Å². The van der Waals surface area contributed by atoms with E-state index in [4.69, 9.17) is 10.7 Å². The van der Waals surface area contributed by atoms with Crippen molar-refractivity contribution < 1.29 is 18.8 Å². The first-order valence-corrected chi connectivity index (χ1v) is 24.2. The molecule has 6 aromatic rings. The summed E-state index contributed by atoms with van der Waals surface area (Å²) in [4.78, 5) is 69.4. The van der Waals surface area contributed by atoms with Gasteiger partial charge in [0.2, 0.25) is 11.8 Å². The van der Waals surface area contributed by atoms with E-state index in [1.807, 2.05) is 65.8 Å².